The van der Waals surface area contributed by atoms with Crippen LogP contribution in [0.2, 0.25) is 0 Å². The number of nitrogen functional groups attached to an aromatic ring is 1. The number of nitrogens with one attached hydrogen (secondary N) is 1. The second-order valence-corrected chi connectivity index (χ2v) is 6.92. The summed E-state index contributed by atoms with van der Waals surface area (Å²) in [6.07, 6.45) is 2.83. The Morgan fingerprint density at radius 3 is 2.33 bits per heavy atom. The summed E-state index contributed by atoms with van der Waals surface area (Å²) in [7, 11) is -3.43. The van der Waals surface area contributed by atoms with E-state index in [9.17, 15) is 8.42 Å². The minimum absolute atomic E-state index is 0.348. The fourth-order valence-corrected chi connectivity index (χ4v) is 3.86. The highest BCUT2D eigenvalue weighted by atomic mass is 32.2. The number of sulfonamides is 1. The van der Waals surface area contributed by atoms with Gasteiger partial charge in [-0.2, -0.15) is 11.8 Å². The Morgan fingerprint density at radius 1 is 1.28 bits per heavy atom. The molecule has 0 saturated heterocycles. The molecular formula is C12H20N2O2S2. The van der Waals surface area contributed by atoms with Gasteiger partial charge in [-0.25, -0.2) is 13.1 Å². The van der Waals surface area contributed by atoms with E-state index >= 15 is 0 Å². The summed E-state index contributed by atoms with van der Waals surface area (Å²) in [5.74, 6) is 0.947. The Labute approximate surface area is 113 Å². The molecule has 0 amide bonds. The van der Waals surface area contributed by atoms with E-state index in [0.29, 0.717) is 28.3 Å². The molecule has 0 atom stereocenters. The van der Waals surface area contributed by atoms with Crippen LogP contribution in [0.1, 0.15) is 17.5 Å². The zero-order valence-electron chi connectivity index (χ0n) is 11.0. The molecule has 0 heterocycles. The second-order valence-electron chi connectivity index (χ2n) is 4.23. The lowest BCUT2D eigenvalue weighted by Gasteiger charge is -2.12. The molecule has 0 aliphatic carbocycles. The predicted octanol–water partition coefficient (Wildman–Crippen LogP) is 1.92. The van der Waals surface area contributed by atoms with E-state index in [0.717, 1.165) is 12.2 Å². The van der Waals surface area contributed by atoms with Crippen molar-refractivity contribution in [3.8, 4) is 0 Å². The molecule has 0 fully saturated rings. The van der Waals surface area contributed by atoms with Crippen molar-refractivity contribution in [1.82, 2.24) is 4.72 Å². The molecule has 0 aliphatic heterocycles. The first-order valence-corrected chi connectivity index (χ1v) is 8.61. The standard InChI is InChI=1S/C12H20N2O2S2/c1-9-7-11(13)8-10(2)12(9)18(15,16)14-5-4-6-17-3/h7-8,14H,4-6,13H2,1-3H3. The molecule has 0 radical (unpaired) electrons. The molecule has 102 valence electrons. The topological polar surface area (TPSA) is 72.2 Å². The van der Waals surface area contributed by atoms with Gasteiger partial charge in [-0.15, -0.1) is 0 Å². The number of hydrogen-bond acceptors (Lipinski definition) is 4. The lowest BCUT2D eigenvalue weighted by Crippen LogP contribution is -2.26. The first kappa shape index (κ1) is 15.3. The smallest absolute Gasteiger partial charge is 0.241 e. The number of benzene rings is 1. The Morgan fingerprint density at radius 2 is 1.83 bits per heavy atom. The van der Waals surface area contributed by atoms with Gasteiger partial charge in [0.15, 0.2) is 0 Å². The van der Waals surface area contributed by atoms with Crippen molar-refractivity contribution in [1.29, 1.82) is 0 Å². The van der Waals surface area contributed by atoms with Crippen molar-refractivity contribution in [2.24, 2.45) is 0 Å². The number of rotatable bonds is 6. The van der Waals surface area contributed by atoms with E-state index in [2.05, 4.69) is 4.72 Å². The molecule has 1 rings (SSSR count). The van der Waals surface area contributed by atoms with Gasteiger partial charge in [-0.1, -0.05) is 0 Å². The summed E-state index contributed by atoms with van der Waals surface area (Å²) in [4.78, 5) is 0.348. The maximum Gasteiger partial charge on any atom is 0.241 e. The molecule has 6 heteroatoms. The number of thioether (sulfide) groups is 1. The number of nitrogens with two attached hydrogens (primary N) is 1. The van der Waals surface area contributed by atoms with Crippen LogP contribution in [0.25, 0.3) is 0 Å². The van der Waals surface area contributed by atoms with Gasteiger partial charge < -0.3 is 5.73 Å². The van der Waals surface area contributed by atoms with Gasteiger partial charge in [-0.05, 0) is 55.5 Å². The van der Waals surface area contributed by atoms with Crippen molar-refractivity contribution in [2.45, 2.75) is 25.2 Å². The van der Waals surface area contributed by atoms with E-state index in [1.54, 1.807) is 37.7 Å². The van der Waals surface area contributed by atoms with Crippen molar-refractivity contribution < 1.29 is 8.42 Å². The molecule has 0 aliphatic rings. The summed E-state index contributed by atoms with van der Waals surface area (Å²) in [5, 5.41) is 0. The monoisotopic (exact) mass is 288 g/mol. The van der Waals surface area contributed by atoms with Crippen molar-refractivity contribution in [3.63, 3.8) is 0 Å². The minimum atomic E-state index is -3.43. The zero-order chi connectivity index (χ0) is 13.8. The van der Waals surface area contributed by atoms with Gasteiger partial charge in [0.05, 0.1) is 4.90 Å². The van der Waals surface area contributed by atoms with Crippen LogP contribution in [0.4, 0.5) is 5.69 Å². The third kappa shape index (κ3) is 3.90. The number of anilines is 1. The second kappa shape index (κ2) is 6.45. The summed E-state index contributed by atoms with van der Waals surface area (Å²) < 4.78 is 27.0. The van der Waals surface area contributed by atoms with Gasteiger partial charge in [-0.3, -0.25) is 0 Å². The van der Waals surface area contributed by atoms with Gasteiger partial charge in [0.25, 0.3) is 0 Å². The van der Waals surface area contributed by atoms with Gasteiger partial charge >= 0.3 is 0 Å². The highest BCUT2D eigenvalue weighted by Gasteiger charge is 2.19. The summed E-state index contributed by atoms with van der Waals surface area (Å²) in [6.45, 7) is 3.99. The van der Waals surface area contributed by atoms with Gasteiger partial charge in [0.2, 0.25) is 10.0 Å². The number of hydrogen-bond donors (Lipinski definition) is 2. The van der Waals surface area contributed by atoms with Crippen LogP contribution in [0, 0.1) is 13.8 Å². The Bertz CT molecular complexity index is 490. The van der Waals surface area contributed by atoms with Crippen LogP contribution in [0.5, 0.6) is 0 Å². The van der Waals surface area contributed by atoms with Crippen LogP contribution in [-0.4, -0.2) is 27.0 Å². The first-order valence-electron chi connectivity index (χ1n) is 5.74. The molecule has 18 heavy (non-hydrogen) atoms. The molecule has 0 aromatic heterocycles. The summed E-state index contributed by atoms with van der Waals surface area (Å²) >= 11 is 1.70. The fourth-order valence-electron chi connectivity index (χ4n) is 1.90. The van der Waals surface area contributed by atoms with Crippen LogP contribution in [0.15, 0.2) is 17.0 Å². The maximum atomic E-state index is 12.2. The van der Waals surface area contributed by atoms with E-state index in [4.69, 9.17) is 5.73 Å². The zero-order valence-corrected chi connectivity index (χ0v) is 12.6. The largest absolute Gasteiger partial charge is 0.399 e. The molecule has 0 bridgehead atoms. The molecule has 0 unspecified atom stereocenters. The minimum Gasteiger partial charge on any atom is -0.399 e. The van der Waals surface area contributed by atoms with Crippen LogP contribution in [0.3, 0.4) is 0 Å². The van der Waals surface area contributed by atoms with Crippen molar-refractivity contribution >= 4 is 27.5 Å². The fraction of sp³-hybridized carbons (Fsp3) is 0.500. The normalized spacial score (nSPS) is 11.7. The van der Waals surface area contributed by atoms with E-state index < -0.39 is 10.0 Å². The molecule has 4 nitrogen and oxygen atoms in total. The average Bonchev–Trinajstić information content (AvgIpc) is 2.22. The Hall–Kier alpha value is -0.720. The molecular weight excluding hydrogens is 268 g/mol. The van der Waals surface area contributed by atoms with E-state index in [-0.39, 0.29) is 0 Å². The molecule has 0 saturated carbocycles. The average molecular weight is 288 g/mol. The third-order valence-corrected chi connectivity index (χ3v) is 5.03. The lowest BCUT2D eigenvalue weighted by molar-refractivity contribution is 0.580. The van der Waals surface area contributed by atoms with Crippen molar-refractivity contribution in [2.75, 3.05) is 24.3 Å². The molecule has 1 aromatic rings. The SMILES string of the molecule is CSCCCNS(=O)(=O)c1c(C)cc(N)cc1C. The van der Waals surface area contributed by atoms with Gasteiger partial charge in [0, 0.05) is 12.2 Å². The Balaban J connectivity index is 2.92. The quantitative estimate of drug-likeness (QED) is 0.619. The number of aryl methyl sites for hydroxylation is 2. The van der Waals surface area contributed by atoms with Crippen LogP contribution in [-0.2, 0) is 10.0 Å². The predicted molar refractivity (Wildman–Crippen MR) is 78.5 cm³/mol. The van der Waals surface area contributed by atoms with Crippen molar-refractivity contribution in [3.05, 3.63) is 23.3 Å². The maximum absolute atomic E-state index is 12.2. The Kier molecular flexibility index (Phi) is 5.49. The highest BCUT2D eigenvalue weighted by molar-refractivity contribution is 7.98. The molecule has 3 N–H and O–H groups in total. The van der Waals surface area contributed by atoms with Crippen LogP contribution >= 0.6 is 11.8 Å². The first-order chi connectivity index (χ1) is 8.38. The van der Waals surface area contributed by atoms with Gasteiger partial charge in [0.1, 0.15) is 0 Å². The molecule has 0 spiro atoms. The lowest BCUT2D eigenvalue weighted by atomic mass is 10.1. The van der Waals surface area contributed by atoms with Crippen LogP contribution < -0.4 is 10.5 Å². The molecule has 1 aromatic carbocycles. The third-order valence-electron chi connectivity index (χ3n) is 2.57. The summed E-state index contributed by atoms with van der Waals surface area (Å²) in [6, 6.07) is 3.37. The van der Waals surface area contributed by atoms with E-state index in [1.165, 1.54) is 0 Å². The van der Waals surface area contributed by atoms with E-state index in [1.807, 2.05) is 6.26 Å². The highest BCUT2D eigenvalue weighted by Crippen LogP contribution is 2.22. The summed E-state index contributed by atoms with van der Waals surface area (Å²) in [5.41, 5.74) is 7.65.